The molecule has 2 aromatic carbocycles. The number of hydrogen-bond acceptors (Lipinski definition) is 1. The molecule has 0 amide bonds. The number of halogens is 4. The van der Waals surface area contributed by atoms with Gasteiger partial charge in [0.1, 0.15) is 11.6 Å². The molecule has 5 heteroatoms. The lowest BCUT2D eigenvalue weighted by atomic mass is 9.98. The van der Waals surface area contributed by atoms with Crippen molar-refractivity contribution in [3.8, 4) is 0 Å². The third-order valence-electron chi connectivity index (χ3n) is 3.16. The van der Waals surface area contributed by atoms with Gasteiger partial charge >= 0.3 is 0 Å². The molecule has 0 fully saturated rings. The Balaban J connectivity index is 2.27. The van der Waals surface area contributed by atoms with Gasteiger partial charge in [-0.1, -0.05) is 24.6 Å². The van der Waals surface area contributed by atoms with Crippen LogP contribution in [0, 0.1) is 15.2 Å². The maximum atomic E-state index is 13.3. The standard InChI is InChI=1S/C16H15ClF2IN/c1-2-21-16(11-3-4-15(20)14(17)8-11)7-10-5-12(18)9-13(19)6-10/h3-6,8-9,16,21H,2,7H2,1H3. The zero-order valence-electron chi connectivity index (χ0n) is 11.5. The van der Waals surface area contributed by atoms with E-state index in [0.29, 0.717) is 17.0 Å². The molecule has 0 aromatic heterocycles. The molecule has 1 unspecified atom stereocenters. The van der Waals surface area contributed by atoms with Crippen molar-refractivity contribution in [2.24, 2.45) is 0 Å². The molecule has 0 bridgehead atoms. The Bertz CT molecular complexity index is 613. The van der Waals surface area contributed by atoms with Crippen molar-refractivity contribution in [2.75, 3.05) is 6.54 Å². The van der Waals surface area contributed by atoms with Crippen LogP contribution in [0.2, 0.25) is 5.02 Å². The molecular formula is C16H15ClF2IN. The first kappa shape index (κ1) is 16.6. The van der Waals surface area contributed by atoms with E-state index in [1.807, 2.05) is 25.1 Å². The molecule has 112 valence electrons. The van der Waals surface area contributed by atoms with Gasteiger partial charge in [0.15, 0.2) is 0 Å². The molecule has 0 aliphatic carbocycles. The Labute approximate surface area is 141 Å². The van der Waals surface area contributed by atoms with E-state index < -0.39 is 11.6 Å². The predicted molar refractivity (Wildman–Crippen MR) is 90.6 cm³/mol. The highest BCUT2D eigenvalue weighted by atomic mass is 127. The Morgan fingerprint density at radius 3 is 2.38 bits per heavy atom. The number of likely N-dealkylation sites (N-methyl/N-ethyl adjacent to an activating group) is 1. The van der Waals surface area contributed by atoms with Crippen LogP contribution in [-0.2, 0) is 6.42 Å². The molecule has 1 atom stereocenters. The van der Waals surface area contributed by atoms with Gasteiger partial charge in [0.2, 0.25) is 0 Å². The maximum absolute atomic E-state index is 13.3. The first-order valence-electron chi connectivity index (χ1n) is 6.63. The van der Waals surface area contributed by atoms with Crippen LogP contribution in [0.3, 0.4) is 0 Å². The first-order valence-corrected chi connectivity index (χ1v) is 8.08. The van der Waals surface area contributed by atoms with E-state index in [1.54, 1.807) is 0 Å². The second kappa shape index (κ2) is 7.51. The summed E-state index contributed by atoms with van der Waals surface area (Å²) in [6, 6.07) is 9.39. The second-order valence-corrected chi connectivity index (χ2v) is 6.34. The molecule has 0 saturated heterocycles. The van der Waals surface area contributed by atoms with E-state index in [-0.39, 0.29) is 6.04 Å². The van der Waals surface area contributed by atoms with E-state index in [4.69, 9.17) is 11.6 Å². The average molecular weight is 422 g/mol. The second-order valence-electron chi connectivity index (χ2n) is 4.77. The molecule has 0 saturated carbocycles. The molecule has 0 aliphatic heterocycles. The third-order valence-corrected chi connectivity index (χ3v) is 4.73. The number of hydrogen-bond donors (Lipinski definition) is 1. The van der Waals surface area contributed by atoms with Gasteiger partial charge in [0.05, 0.1) is 5.02 Å². The zero-order chi connectivity index (χ0) is 15.4. The summed E-state index contributed by atoms with van der Waals surface area (Å²) in [4.78, 5) is 0. The van der Waals surface area contributed by atoms with Crippen molar-refractivity contribution in [3.05, 3.63) is 67.8 Å². The van der Waals surface area contributed by atoms with Gasteiger partial charge in [0.25, 0.3) is 0 Å². The van der Waals surface area contributed by atoms with E-state index >= 15 is 0 Å². The summed E-state index contributed by atoms with van der Waals surface area (Å²) in [6.45, 7) is 2.75. The number of benzene rings is 2. The van der Waals surface area contributed by atoms with Crippen LogP contribution in [0.25, 0.3) is 0 Å². The van der Waals surface area contributed by atoms with Gasteiger partial charge in [-0.3, -0.25) is 0 Å². The van der Waals surface area contributed by atoms with Crippen molar-refractivity contribution >= 4 is 34.2 Å². The van der Waals surface area contributed by atoms with Crippen LogP contribution in [0.4, 0.5) is 8.78 Å². The smallest absolute Gasteiger partial charge is 0.126 e. The topological polar surface area (TPSA) is 12.0 Å². The minimum absolute atomic E-state index is 0.0364. The molecule has 2 aromatic rings. The van der Waals surface area contributed by atoms with Crippen LogP contribution in [0.1, 0.15) is 24.1 Å². The van der Waals surface area contributed by atoms with Gasteiger partial charge in [-0.25, -0.2) is 8.78 Å². The summed E-state index contributed by atoms with van der Waals surface area (Å²) >= 11 is 8.32. The van der Waals surface area contributed by atoms with E-state index in [2.05, 4.69) is 27.9 Å². The van der Waals surface area contributed by atoms with Crippen molar-refractivity contribution in [2.45, 2.75) is 19.4 Å². The molecule has 2 rings (SSSR count). The van der Waals surface area contributed by atoms with Gasteiger partial charge < -0.3 is 5.32 Å². The summed E-state index contributed by atoms with van der Waals surface area (Å²) in [6.07, 6.45) is 0.499. The maximum Gasteiger partial charge on any atom is 0.126 e. The minimum atomic E-state index is -0.555. The molecule has 1 nitrogen and oxygen atoms in total. The number of rotatable bonds is 5. The fraction of sp³-hybridized carbons (Fsp3) is 0.250. The average Bonchev–Trinajstić information content (AvgIpc) is 2.40. The highest BCUT2D eigenvalue weighted by molar-refractivity contribution is 14.1. The highest BCUT2D eigenvalue weighted by Gasteiger charge is 2.14. The fourth-order valence-corrected chi connectivity index (χ4v) is 2.77. The fourth-order valence-electron chi connectivity index (χ4n) is 2.25. The predicted octanol–water partition coefficient (Wildman–Crippen LogP) is 5.12. The lowest BCUT2D eigenvalue weighted by Crippen LogP contribution is -2.23. The Kier molecular flexibility index (Phi) is 5.96. The third kappa shape index (κ3) is 4.63. The lowest BCUT2D eigenvalue weighted by Gasteiger charge is -2.19. The monoisotopic (exact) mass is 421 g/mol. The Morgan fingerprint density at radius 1 is 1.14 bits per heavy atom. The van der Waals surface area contributed by atoms with Crippen molar-refractivity contribution < 1.29 is 8.78 Å². The van der Waals surface area contributed by atoms with Gasteiger partial charge in [-0.15, -0.1) is 0 Å². The summed E-state index contributed by atoms with van der Waals surface area (Å²) < 4.78 is 27.6. The molecule has 0 radical (unpaired) electrons. The van der Waals surface area contributed by atoms with Gasteiger partial charge in [-0.2, -0.15) is 0 Å². The lowest BCUT2D eigenvalue weighted by molar-refractivity contribution is 0.539. The van der Waals surface area contributed by atoms with E-state index in [9.17, 15) is 8.78 Å². The van der Waals surface area contributed by atoms with Crippen LogP contribution in [0.5, 0.6) is 0 Å². The molecule has 0 aliphatic rings. The van der Waals surface area contributed by atoms with Crippen molar-refractivity contribution in [1.29, 1.82) is 0 Å². The Hall–Kier alpha value is -0.720. The minimum Gasteiger partial charge on any atom is -0.310 e. The molecule has 0 spiro atoms. The normalized spacial score (nSPS) is 12.4. The number of nitrogens with one attached hydrogen (secondary N) is 1. The van der Waals surface area contributed by atoms with Crippen molar-refractivity contribution in [1.82, 2.24) is 5.32 Å². The molecule has 21 heavy (non-hydrogen) atoms. The summed E-state index contributed by atoms with van der Waals surface area (Å²) in [5, 5.41) is 4.01. The van der Waals surface area contributed by atoms with Crippen LogP contribution in [0.15, 0.2) is 36.4 Å². The summed E-state index contributed by atoms with van der Waals surface area (Å²) in [5.74, 6) is -1.11. The molecule has 0 heterocycles. The SMILES string of the molecule is CCNC(Cc1cc(F)cc(F)c1)c1ccc(I)c(Cl)c1. The molecule has 1 N–H and O–H groups in total. The van der Waals surface area contributed by atoms with E-state index in [1.165, 1.54) is 12.1 Å². The first-order chi connectivity index (χ1) is 9.99. The highest BCUT2D eigenvalue weighted by Crippen LogP contribution is 2.25. The molecular weight excluding hydrogens is 407 g/mol. The van der Waals surface area contributed by atoms with Gasteiger partial charge in [0, 0.05) is 15.7 Å². The zero-order valence-corrected chi connectivity index (χ0v) is 14.4. The summed E-state index contributed by atoms with van der Waals surface area (Å²) in [7, 11) is 0. The quantitative estimate of drug-likeness (QED) is 0.661. The van der Waals surface area contributed by atoms with E-state index in [0.717, 1.165) is 21.7 Å². The van der Waals surface area contributed by atoms with Crippen LogP contribution in [-0.4, -0.2) is 6.54 Å². The largest absolute Gasteiger partial charge is 0.310 e. The van der Waals surface area contributed by atoms with Crippen molar-refractivity contribution in [3.63, 3.8) is 0 Å². The Morgan fingerprint density at radius 2 is 1.81 bits per heavy atom. The van der Waals surface area contributed by atoms with Crippen LogP contribution < -0.4 is 5.32 Å². The van der Waals surface area contributed by atoms with Crippen LogP contribution >= 0.6 is 34.2 Å². The van der Waals surface area contributed by atoms with Gasteiger partial charge in [-0.05, 0) is 70.9 Å². The summed E-state index contributed by atoms with van der Waals surface area (Å²) in [5.41, 5.74) is 1.63.